The molecule has 0 radical (unpaired) electrons. The maximum Gasteiger partial charge on any atom is 0.416 e. The summed E-state index contributed by atoms with van der Waals surface area (Å²) in [5.41, 5.74) is -0.847. The van der Waals surface area contributed by atoms with Gasteiger partial charge in [-0.05, 0) is 51.2 Å². The maximum absolute atomic E-state index is 13.6. The van der Waals surface area contributed by atoms with Crippen LogP contribution in [0.3, 0.4) is 0 Å². The Labute approximate surface area is 195 Å². The summed E-state index contributed by atoms with van der Waals surface area (Å²) in [6, 6.07) is -0.274. The van der Waals surface area contributed by atoms with Crippen LogP contribution in [0.1, 0.15) is 75.7 Å². The van der Waals surface area contributed by atoms with Crippen LogP contribution >= 0.6 is 0 Å². The molecular weight excluding hydrogens is 426 g/mol. The summed E-state index contributed by atoms with van der Waals surface area (Å²) < 4.78 is 24.8. The summed E-state index contributed by atoms with van der Waals surface area (Å²) in [5.74, 6) is -1.66. The third kappa shape index (κ3) is 5.08. The summed E-state index contributed by atoms with van der Waals surface area (Å²) >= 11 is 0. The van der Waals surface area contributed by atoms with Crippen molar-refractivity contribution in [1.29, 1.82) is 0 Å². The van der Waals surface area contributed by atoms with E-state index >= 15 is 0 Å². The lowest BCUT2D eigenvalue weighted by molar-refractivity contribution is -0.177. The van der Waals surface area contributed by atoms with Gasteiger partial charge in [-0.3, -0.25) is 4.79 Å². The average molecular weight is 472 g/mol. The molecule has 8 heteroatoms. The summed E-state index contributed by atoms with van der Waals surface area (Å²) in [5, 5.41) is 0.0342. The fourth-order valence-corrected chi connectivity index (χ4v) is 6.01. The average Bonchev–Trinajstić information content (AvgIpc) is 3.14. The molecule has 0 spiro atoms. The normalized spacial score (nSPS) is 30.5. The molecule has 0 bridgehead atoms. The van der Waals surface area contributed by atoms with Gasteiger partial charge in [-0.1, -0.05) is 48.5 Å². The zero-order chi connectivity index (χ0) is 24.9. The lowest BCUT2D eigenvalue weighted by Gasteiger charge is -2.45. The second kappa shape index (κ2) is 9.00. The van der Waals surface area contributed by atoms with E-state index in [0.29, 0.717) is 0 Å². The molecule has 7 nitrogen and oxygen atoms in total. The Balaban J connectivity index is 2.39. The minimum Gasteiger partial charge on any atom is -0.447 e. The minimum absolute atomic E-state index is 0.0342. The van der Waals surface area contributed by atoms with E-state index < -0.39 is 37.8 Å². The van der Waals surface area contributed by atoms with Crippen molar-refractivity contribution in [2.24, 2.45) is 11.8 Å². The Bertz CT molecular complexity index is 716. The van der Waals surface area contributed by atoms with Crippen LogP contribution in [0.5, 0.6) is 0 Å². The highest BCUT2D eigenvalue weighted by atomic mass is 28.4. The van der Waals surface area contributed by atoms with Gasteiger partial charge in [0.05, 0.1) is 18.1 Å². The molecule has 2 aliphatic rings. The standard InChI is InChI=1S/C24H45NO6Si/c1-13-18(30-32(11,12)22(5,6)7)24(10)19(29-23(8,9)31-24)16(4)20(26)25-17(15(2)3)14-28-21(25)27/h15-19H,13-14H2,1-12H3. The van der Waals surface area contributed by atoms with E-state index in [0.717, 1.165) is 6.42 Å². The van der Waals surface area contributed by atoms with Crippen LogP contribution in [0.25, 0.3) is 0 Å². The molecule has 0 aromatic heterocycles. The quantitative estimate of drug-likeness (QED) is 0.467. The van der Waals surface area contributed by atoms with Crippen molar-refractivity contribution in [2.45, 2.75) is 123 Å². The van der Waals surface area contributed by atoms with E-state index in [1.807, 2.05) is 41.5 Å². The van der Waals surface area contributed by atoms with Gasteiger partial charge in [0, 0.05) is 0 Å². The Kier molecular flexibility index (Phi) is 7.68. The van der Waals surface area contributed by atoms with Crippen LogP contribution in [0.2, 0.25) is 18.1 Å². The number of cyclic esters (lactones) is 1. The number of hydrogen-bond acceptors (Lipinski definition) is 6. The number of hydrogen-bond donors (Lipinski definition) is 0. The van der Waals surface area contributed by atoms with Crippen LogP contribution in [0.4, 0.5) is 4.79 Å². The molecule has 32 heavy (non-hydrogen) atoms. The van der Waals surface area contributed by atoms with E-state index in [1.165, 1.54) is 4.90 Å². The smallest absolute Gasteiger partial charge is 0.416 e. The number of carbonyl (C=O) groups is 2. The van der Waals surface area contributed by atoms with Gasteiger partial charge in [0.1, 0.15) is 18.3 Å². The van der Waals surface area contributed by atoms with Crippen molar-refractivity contribution in [3.63, 3.8) is 0 Å². The van der Waals surface area contributed by atoms with E-state index in [9.17, 15) is 9.59 Å². The van der Waals surface area contributed by atoms with Crippen molar-refractivity contribution >= 4 is 20.3 Å². The summed E-state index contributed by atoms with van der Waals surface area (Å²) in [4.78, 5) is 27.3. The molecule has 2 amide bonds. The van der Waals surface area contributed by atoms with E-state index in [4.69, 9.17) is 18.6 Å². The predicted molar refractivity (Wildman–Crippen MR) is 127 cm³/mol. The van der Waals surface area contributed by atoms with E-state index in [1.54, 1.807) is 0 Å². The Morgan fingerprint density at radius 3 is 2.25 bits per heavy atom. The Morgan fingerprint density at radius 2 is 1.78 bits per heavy atom. The van der Waals surface area contributed by atoms with Crippen LogP contribution in [-0.4, -0.2) is 61.5 Å². The number of carbonyl (C=O) groups excluding carboxylic acids is 2. The lowest BCUT2D eigenvalue weighted by Crippen LogP contribution is -2.58. The molecule has 0 aromatic rings. The molecule has 186 valence electrons. The van der Waals surface area contributed by atoms with Crippen LogP contribution in [0.15, 0.2) is 0 Å². The monoisotopic (exact) mass is 471 g/mol. The van der Waals surface area contributed by atoms with Gasteiger partial charge < -0.3 is 18.6 Å². The first-order valence-corrected chi connectivity index (χ1v) is 14.8. The number of rotatable bonds is 7. The lowest BCUT2D eigenvalue weighted by atomic mass is 9.83. The molecule has 2 saturated heterocycles. The fourth-order valence-electron chi connectivity index (χ4n) is 4.55. The summed E-state index contributed by atoms with van der Waals surface area (Å²) in [7, 11) is -2.11. The van der Waals surface area contributed by atoms with E-state index in [-0.39, 0.29) is 35.6 Å². The number of imide groups is 1. The molecule has 0 N–H and O–H groups in total. The number of nitrogens with zero attached hydrogens (tertiary/aromatic N) is 1. The first-order chi connectivity index (χ1) is 14.4. The van der Waals surface area contributed by atoms with Crippen LogP contribution < -0.4 is 0 Å². The zero-order valence-electron chi connectivity index (χ0n) is 22.2. The Morgan fingerprint density at radius 1 is 1.22 bits per heavy atom. The second-order valence-corrected chi connectivity index (χ2v) is 16.6. The van der Waals surface area contributed by atoms with Crippen molar-refractivity contribution in [1.82, 2.24) is 4.90 Å². The van der Waals surface area contributed by atoms with Crippen LogP contribution in [0, 0.1) is 11.8 Å². The van der Waals surface area contributed by atoms with Gasteiger partial charge in [0.15, 0.2) is 14.1 Å². The largest absolute Gasteiger partial charge is 0.447 e. The topological polar surface area (TPSA) is 74.3 Å². The van der Waals surface area contributed by atoms with Gasteiger partial charge in [0.2, 0.25) is 5.91 Å². The first kappa shape index (κ1) is 27.3. The molecule has 2 aliphatic heterocycles. The van der Waals surface area contributed by atoms with Gasteiger partial charge in [-0.2, -0.15) is 0 Å². The van der Waals surface area contributed by atoms with Gasteiger partial charge in [-0.15, -0.1) is 0 Å². The van der Waals surface area contributed by atoms with Gasteiger partial charge in [-0.25, -0.2) is 9.69 Å². The molecule has 5 unspecified atom stereocenters. The number of ether oxygens (including phenoxy) is 3. The number of amides is 2. The maximum atomic E-state index is 13.6. The van der Waals surface area contributed by atoms with Crippen molar-refractivity contribution in [2.75, 3.05) is 6.61 Å². The Hall–Kier alpha value is -0.963. The molecule has 0 aliphatic carbocycles. The van der Waals surface area contributed by atoms with Crippen molar-refractivity contribution in [3.8, 4) is 0 Å². The molecule has 2 rings (SSSR count). The highest BCUT2D eigenvalue weighted by Gasteiger charge is 2.60. The molecule has 0 saturated carbocycles. The molecule has 2 heterocycles. The third-order valence-electron chi connectivity index (χ3n) is 7.45. The summed E-state index contributed by atoms with van der Waals surface area (Å²) in [6.45, 7) is 24.9. The molecular formula is C24H45NO6Si. The molecule has 2 fully saturated rings. The SMILES string of the molecule is CCC(O[Si](C)(C)C(C)(C)C)C1(C)OC(C)(C)OC1C(C)C(=O)N1C(=O)OCC1C(C)C. The second-order valence-electron chi connectivity index (χ2n) is 11.9. The van der Waals surface area contributed by atoms with Gasteiger partial charge >= 0.3 is 6.09 Å². The predicted octanol–water partition coefficient (Wildman–Crippen LogP) is 5.34. The van der Waals surface area contributed by atoms with Gasteiger partial charge in [0.25, 0.3) is 0 Å². The van der Waals surface area contributed by atoms with Crippen molar-refractivity contribution in [3.05, 3.63) is 0 Å². The third-order valence-corrected chi connectivity index (χ3v) is 11.9. The van der Waals surface area contributed by atoms with Crippen LogP contribution in [-0.2, 0) is 23.4 Å². The highest BCUT2D eigenvalue weighted by Crippen LogP contribution is 2.47. The molecule has 0 aromatic carbocycles. The summed E-state index contributed by atoms with van der Waals surface area (Å²) in [6.07, 6.45) is -0.678. The van der Waals surface area contributed by atoms with Crippen molar-refractivity contribution < 1.29 is 28.2 Å². The minimum atomic E-state index is -2.11. The first-order valence-electron chi connectivity index (χ1n) is 11.9. The van der Waals surface area contributed by atoms with E-state index in [2.05, 4.69) is 40.8 Å². The fraction of sp³-hybridized carbons (Fsp3) is 0.917. The molecule has 5 atom stereocenters. The highest BCUT2D eigenvalue weighted by molar-refractivity contribution is 6.74. The zero-order valence-corrected chi connectivity index (χ0v) is 23.2.